The van der Waals surface area contributed by atoms with Crippen LogP contribution in [0.15, 0.2) is 6.07 Å². The first-order valence-electron chi connectivity index (χ1n) is 8.21. The maximum absolute atomic E-state index is 12.6. The minimum absolute atomic E-state index is 0.113. The predicted molar refractivity (Wildman–Crippen MR) is 102 cm³/mol. The molecule has 1 amide bonds. The standard InChI is InChI=1S/C18H22N2O5S/c1-18(2,3)25-17(23)20-7-6-9-10-8-11(16(22)26-5)19-12(10)15(24-4)14(21)13(9)20/h8,19,21H,6-7H2,1-5H3. The van der Waals surface area contributed by atoms with Crippen LogP contribution in [0.4, 0.5) is 10.5 Å². The van der Waals surface area contributed by atoms with Crippen LogP contribution in [0.1, 0.15) is 36.8 Å². The van der Waals surface area contributed by atoms with E-state index in [0.717, 1.165) is 22.7 Å². The summed E-state index contributed by atoms with van der Waals surface area (Å²) >= 11 is 1.10. The maximum Gasteiger partial charge on any atom is 0.414 e. The van der Waals surface area contributed by atoms with Gasteiger partial charge in [0.2, 0.25) is 5.12 Å². The van der Waals surface area contributed by atoms with Crippen LogP contribution in [-0.4, -0.2) is 46.8 Å². The molecule has 2 aromatic rings. The van der Waals surface area contributed by atoms with Crippen LogP contribution in [0.5, 0.6) is 11.5 Å². The fourth-order valence-electron chi connectivity index (χ4n) is 3.17. The molecule has 0 bridgehead atoms. The monoisotopic (exact) mass is 378 g/mol. The quantitative estimate of drug-likeness (QED) is 0.828. The molecule has 0 saturated carbocycles. The number of hydrogen-bond acceptors (Lipinski definition) is 6. The van der Waals surface area contributed by atoms with E-state index >= 15 is 0 Å². The first kappa shape index (κ1) is 18.4. The highest BCUT2D eigenvalue weighted by Gasteiger charge is 2.35. The maximum atomic E-state index is 12.6. The van der Waals surface area contributed by atoms with Crippen molar-refractivity contribution in [1.82, 2.24) is 4.98 Å². The molecule has 26 heavy (non-hydrogen) atoms. The number of aromatic amines is 1. The predicted octanol–water partition coefficient (Wildman–Crippen LogP) is 3.68. The van der Waals surface area contributed by atoms with Gasteiger partial charge in [-0.1, -0.05) is 11.8 Å². The third-order valence-electron chi connectivity index (χ3n) is 4.17. The van der Waals surface area contributed by atoms with E-state index in [4.69, 9.17) is 9.47 Å². The van der Waals surface area contributed by atoms with Gasteiger partial charge in [-0.3, -0.25) is 9.69 Å². The summed E-state index contributed by atoms with van der Waals surface area (Å²) in [6.07, 6.45) is 1.73. The number of methoxy groups -OCH3 is 1. The number of ether oxygens (including phenoxy) is 2. The molecule has 0 aliphatic carbocycles. The summed E-state index contributed by atoms with van der Waals surface area (Å²) in [5.74, 6) is 0.0673. The molecule has 0 saturated heterocycles. The Labute approximate surface area is 155 Å². The number of rotatable bonds is 2. The van der Waals surface area contributed by atoms with Crippen LogP contribution in [0.25, 0.3) is 10.9 Å². The van der Waals surface area contributed by atoms with Crippen LogP contribution in [-0.2, 0) is 11.2 Å². The zero-order chi connectivity index (χ0) is 19.2. The summed E-state index contributed by atoms with van der Waals surface area (Å²) < 4.78 is 10.8. The van der Waals surface area contributed by atoms with Crippen LogP contribution >= 0.6 is 11.8 Å². The minimum Gasteiger partial charge on any atom is -0.503 e. The molecule has 0 fully saturated rings. The van der Waals surface area contributed by atoms with Gasteiger partial charge in [0.15, 0.2) is 11.5 Å². The molecule has 1 aromatic heterocycles. The molecule has 1 aliphatic heterocycles. The van der Waals surface area contributed by atoms with Crippen molar-refractivity contribution >= 4 is 39.6 Å². The Morgan fingerprint density at radius 3 is 2.62 bits per heavy atom. The number of benzene rings is 1. The number of anilines is 1. The molecule has 0 radical (unpaired) electrons. The lowest BCUT2D eigenvalue weighted by Crippen LogP contribution is -2.35. The average Bonchev–Trinajstić information content (AvgIpc) is 3.17. The van der Waals surface area contributed by atoms with E-state index in [1.165, 1.54) is 12.0 Å². The number of carbonyl (C=O) groups excluding carboxylic acids is 2. The molecular weight excluding hydrogens is 356 g/mol. The van der Waals surface area contributed by atoms with Gasteiger partial charge in [-0.15, -0.1) is 0 Å². The van der Waals surface area contributed by atoms with Gasteiger partial charge in [0.05, 0.1) is 24.0 Å². The Balaban J connectivity index is 2.17. The van der Waals surface area contributed by atoms with E-state index in [2.05, 4.69) is 4.98 Å². The topological polar surface area (TPSA) is 91.9 Å². The van der Waals surface area contributed by atoms with E-state index in [9.17, 15) is 14.7 Å². The van der Waals surface area contributed by atoms with Crippen LogP contribution in [0.3, 0.4) is 0 Å². The number of phenols is 1. The first-order chi connectivity index (χ1) is 12.2. The van der Waals surface area contributed by atoms with Crippen molar-refractivity contribution in [1.29, 1.82) is 0 Å². The van der Waals surface area contributed by atoms with Gasteiger partial charge in [0.25, 0.3) is 0 Å². The van der Waals surface area contributed by atoms with Crippen LogP contribution < -0.4 is 9.64 Å². The molecule has 1 aromatic carbocycles. The van der Waals surface area contributed by atoms with E-state index < -0.39 is 11.7 Å². The largest absolute Gasteiger partial charge is 0.503 e. The van der Waals surface area contributed by atoms with E-state index in [-0.39, 0.29) is 16.6 Å². The molecule has 0 unspecified atom stereocenters. The zero-order valence-electron chi connectivity index (χ0n) is 15.4. The SMILES string of the molecule is COc1c(O)c2c(c3cc(C(=O)SC)[nH]c13)CCN2C(=O)OC(C)(C)C. The molecule has 2 N–H and O–H groups in total. The third-order valence-corrected chi connectivity index (χ3v) is 4.76. The lowest BCUT2D eigenvalue weighted by molar-refractivity contribution is 0.0583. The highest BCUT2D eigenvalue weighted by molar-refractivity contribution is 8.13. The fourth-order valence-corrected chi connectivity index (χ4v) is 3.50. The molecule has 0 atom stereocenters. The number of carbonyl (C=O) groups is 2. The summed E-state index contributed by atoms with van der Waals surface area (Å²) in [6.45, 7) is 5.75. The molecular formula is C18H22N2O5S. The zero-order valence-corrected chi connectivity index (χ0v) is 16.2. The van der Waals surface area contributed by atoms with Crippen molar-refractivity contribution in [2.24, 2.45) is 0 Å². The molecule has 2 heterocycles. The molecule has 0 spiro atoms. The Bertz CT molecular complexity index is 897. The van der Waals surface area contributed by atoms with E-state index in [0.29, 0.717) is 29.9 Å². The van der Waals surface area contributed by atoms with Gasteiger partial charge < -0.3 is 19.6 Å². The van der Waals surface area contributed by atoms with Crippen molar-refractivity contribution in [3.05, 3.63) is 17.3 Å². The Morgan fingerprint density at radius 2 is 2.04 bits per heavy atom. The number of H-pyrrole nitrogens is 1. The van der Waals surface area contributed by atoms with Crippen LogP contribution in [0, 0.1) is 0 Å². The van der Waals surface area contributed by atoms with Gasteiger partial charge >= 0.3 is 6.09 Å². The van der Waals surface area contributed by atoms with Crippen molar-refractivity contribution in [2.45, 2.75) is 32.8 Å². The Morgan fingerprint density at radius 1 is 1.35 bits per heavy atom. The van der Waals surface area contributed by atoms with E-state index in [1.807, 2.05) is 0 Å². The normalized spacial score (nSPS) is 13.8. The number of aromatic hydroxyl groups is 1. The highest BCUT2D eigenvalue weighted by Crippen LogP contribution is 2.49. The summed E-state index contributed by atoms with van der Waals surface area (Å²) in [5, 5.41) is 11.4. The van der Waals surface area contributed by atoms with Crippen molar-refractivity contribution < 1.29 is 24.2 Å². The third kappa shape index (κ3) is 2.98. The minimum atomic E-state index is -0.643. The molecule has 3 rings (SSSR count). The Kier molecular flexibility index (Phi) is 4.56. The smallest absolute Gasteiger partial charge is 0.414 e. The number of fused-ring (bicyclic) bond motifs is 3. The summed E-state index contributed by atoms with van der Waals surface area (Å²) in [5.41, 5.74) is 1.50. The number of thioether (sulfide) groups is 1. The van der Waals surface area contributed by atoms with Crippen LogP contribution in [0.2, 0.25) is 0 Å². The molecule has 8 heteroatoms. The number of phenolic OH excluding ortho intramolecular Hbond substituents is 1. The summed E-state index contributed by atoms with van der Waals surface area (Å²) in [7, 11) is 1.44. The number of aromatic nitrogens is 1. The van der Waals surface area contributed by atoms with E-state index in [1.54, 1.807) is 33.1 Å². The second-order valence-corrected chi connectivity index (χ2v) is 7.83. The fraction of sp³-hybridized carbons (Fsp3) is 0.444. The van der Waals surface area contributed by atoms with Crippen molar-refractivity contribution in [2.75, 3.05) is 24.8 Å². The van der Waals surface area contributed by atoms with Gasteiger partial charge in [-0.2, -0.15) is 0 Å². The number of amides is 1. The van der Waals surface area contributed by atoms with Gasteiger partial charge in [-0.05, 0) is 45.1 Å². The van der Waals surface area contributed by atoms with Crippen molar-refractivity contribution in [3.63, 3.8) is 0 Å². The Hall–Kier alpha value is -2.35. The van der Waals surface area contributed by atoms with Gasteiger partial charge in [0.1, 0.15) is 5.60 Å². The lowest BCUT2D eigenvalue weighted by atomic mass is 10.1. The molecule has 140 valence electrons. The number of nitrogens with zero attached hydrogens (tertiary/aromatic N) is 1. The number of hydrogen-bond donors (Lipinski definition) is 2. The average molecular weight is 378 g/mol. The molecule has 1 aliphatic rings. The van der Waals surface area contributed by atoms with Gasteiger partial charge in [0, 0.05) is 11.9 Å². The second kappa shape index (κ2) is 6.42. The number of nitrogens with one attached hydrogen (secondary N) is 1. The second-order valence-electron chi connectivity index (χ2n) is 7.05. The lowest BCUT2D eigenvalue weighted by Gasteiger charge is -2.25. The van der Waals surface area contributed by atoms with Gasteiger partial charge in [-0.25, -0.2) is 4.79 Å². The first-order valence-corrected chi connectivity index (χ1v) is 9.43. The highest BCUT2D eigenvalue weighted by atomic mass is 32.2. The summed E-state index contributed by atoms with van der Waals surface area (Å²) in [4.78, 5) is 29.0. The van der Waals surface area contributed by atoms with Crippen molar-refractivity contribution in [3.8, 4) is 11.5 Å². The summed E-state index contributed by atoms with van der Waals surface area (Å²) in [6, 6.07) is 1.74. The molecule has 7 nitrogen and oxygen atoms in total.